The zero-order valence-corrected chi connectivity index (χ0v) is 11.3. The first kappa shape index (κ1) is 12.2. The number of carbonyl (C=O) groups excluding carboxylic acids is 1. The molecular formula is C11H17N3O2S. The summed E-state index contributed by atoms with van der Waals surface area (Å²) in [4.78, 5) is 19.0. The minimum absolute atomic E-state index is 0.0617. The molecular weight excluding hydrogens is 238 g/mol. The summed E-state index contributed by atoms with van der Waals surface area (Å²) in [5.74, 6) is 0. The molecule has 0 fully saturated rings. The molecule has 2 heterocycles. The standard InChI is InChI=1S/C11H17N3O2S/c1-6-8-7(17-9(12)13-8)5-14(6)10(15)16-11(2,3)4/h6H,5H2,1-4H3,(H2,12,13)/t6-/m0/s1. The van der Waals surface area contributed by atoms with Crippen molar-refractivity contribution in [3.05, 3.63) is 10.6 Å². The van der Waals surface area contributed by atoms with Crippen molar-refractivity contribution in [3.8, 4) is 0 Å². The fourth-order valence-corrected chi connectivity index (χ4v) is 2.73. The highest BCUT2D eigenvalue weighted by Gasteiger charge is 2.36. The maximum absolute atomic E-state index is 12.0. The van der Waals surface area contributed by atoms with Crippen molar-refractivity contribution in [2.45, 2.75) is 45.9 Å². The number of nitrogens with zero attached hydrogens (tertiary/aromatic N) is 2. The number of rotatable bonds is 0. The second kappa shape index (κ2) is 3.87. The maximum Gasteiger partial charge on any atom is 0.411 e. The molecule has 1 amide bonds. The van der Waals surface area contributed by atoms with Crippen LogP contribution in [-0.2, 0) is 11.3 Å². The van der Waals surface area contributed by atoms with Gasteiger partial charge in [-0.3, -0.25) is 4.90 Å². The van der Waals surface area contributed by atoms with Gasteiger partial charge in [-0.2, -0.15) is 0 Å². The predicted molar refractivity (Wildman–Crippen MR) is 66.7 cm³/mol. The fraction of sp³-hybridized carbons (Fsp3) is 0.636. The summed E-state index contributed by atoms with van der Waals surface area (Å²) >= 11 is 1.44. The number of nitrogen functional groups attached to an aromatic ring is 1. The SMILES string of the molecule is C[C@H]1c2nc(N)sc2CN1C(=O)OC(C)(C)C. The van der Waals surface area contributed by atoms with Crippen LogP contribution in [0, 0.1) is 0 Å². The Labute approximate surface area is 105 Å². The molecule has 2 N–H and O–H groups in total. The molecule has 1 aromatic heterocycles. The topological polar surface area (TPSA) is 68.5 Å². The molecule has 1 aliphatic rings. The molecule has 1 aromatic rings. The summed E-state index contributed by atoms with van der Waals surface area (Å²) in [6.07, 6.45) is -0.297. The van der Waals surface area contributed by atoms with E-state index in [0.717, 1.165) is 10.6 Å². The van der Waals surface area contributed by atoms with Crippen LogP contribution in [-0.4, -0.2) is 21.6 Å². The number of hydrogen-bond donors (Lipinski definition) is 1. The van der Waals surface area contributed by atoms with E-state index in [1.165, 1.54) is 11.3 Å². The lowest BCUT2D eigenvalue weighted by molar-refractivity contribution is 0.0186. The van der Waals surface area contributed by atoms with E-state index < -0.39 is 5.60 Å². The number of nitrogens with two attached hydrogens (primary N) is 1. The smallest absolute Gasteiger partial charge is 0.411 e. The summed E-state index contributed by atoms with van der Waals surface area (Å²) in [6.45, 7) is 8.06. The van der Waals surface area contributed by atoms with Crippen molar-refractivity contribution in [2.24, 2.45) is 0 Å². The molecule has 94 valence electrons. The lowest BCUT2D eigenvalue weighted by Crippen LogP contribution is -2.35. The van der Waals surface area contributed by atoms with Crippen LogP contribution in [0.15, 0.2) is 0 Å². The van der Waals surface area contributed by atoms with Gasteiger partial charge in [-0.05, 0) is 27.7 Å². The van der Waals surface area contributed by atoms with Crippen LogP contribution in [0.1, 0.15) is 44.3 Å². The highest BCUT2D eigenvalue weighted by Crippen LogP contribution is 2.37. The van der Waals surface area contributed by atoms with Crippen molar-refractivity contribution in [1.82, 2.24) is 9.88 Å². The quantitative estimate of drug-likeness (QED) is 0.773. The van der Waals surface area contributed by atoms with Crippen LogP contribution < -0.4 is 5.73 Å². The van der Waals surface area contributed by atoms with E-state index in [1.54, 1.807) is 4.90 Å². The van der Waals surface area contributed by atoms with Gasteiger partial charge in [0, 0.05) is 0 Å². The Balaban J connectivity index is 2.12. The van der Waals surface area contributed by atoms with Gasteiger partial charge in [-0.25, -0.2) is 9.78 Å². The van der Waals surface area contributed by atoms with E-state index in [9.17, 15) is 4.79 Å². The Hall–Kier alpha value is -1.30. The average Bonchev–Trinajstić information content (AvgIpc) is 2.63. The van der Waals surface area contributed by atoms with Crippen molar-refractivity contribution in [2.75, 3.05) is 5.73 Å². The third-order valence-electron chi connectivity index (χ3n) is 2.55. The molecule has 6 heteroatoms. The monoisotopic (exact) mass is 255 g/mol. The molecule has 17 heavy (non-hydrogen) atoms. The van der Waals surface area contributed by atoms with Gasteiger partial charge < -0.3 is 10.5 Å². The summed E-state index contributed by atoms with van der Waals surface area (Å²) in [6, 6.07) is -0.0617. The third-order valence-corrected chi connectivity index (χ3v) is 3.43. The van der Waals surface area contributed by atoms with Crippen molar-refractivity contribution in [1.29, 1.82) is 0 Å². The Kier molecular flexibility index (Phi) is 2.77. The van der Waals surface area contributed by atoms with Gasteiger partial charge in [-0.15, -0.1) is 11.3 Å². The van der Waals surface area contributed by atoms with Crippen molar-refractivity contribution >= 4 is 22.6 Å². The second-order valence-electron chi connectivity index (χ2n) is 5.14. The molecule has 0 unspecified atom stereocenters. The lowest BCUT2D eigenvalue weighted by Gasteiger charge is -2.26. The van der Waals surface area contributed by atoms with E-state index in [0.29, 0.717) is 11.7 Å². The molecule has 1 atom stereocenters. The van der Waals surface area contributed by atoms with Gasteiger partial charge in [0.25, 0.3) is 0 Å². The van der Waals surface area contributed by atoms with Gasteiger partial charge >= 0.3 is 6.09 Å². The number of fused-ring (bicyclic) bond motifs is 1. The minimum atomic E-state index is -0.473. The number of anilines is 1. The van der Waals surface area contributed by atoms with Crippen molar-refractivity contribution < 1.29 is 9.53 Å². The minimum Gasteiger partial charge on any atom is -0.444 e. The lowest BCUT2D eigenvalue weighted by atomic mass is 10.2. The highest BCUT2D eigenvalue weighted by molar-refractivity contribution is 7.15. The number of aromatic nitrogens is 1. The van der Waals surface area contributed by atoms with E-state index in [-0.39, 0.29) is 12.1 Å². The third kappa shape index (κ3) is 2.36. The van der Waals surface area contributed by atoms with Crippen LogP contribution in [0.2, 0.25) is 0 Å². The van der Waals surface area contributed by atoms with E-state index in [4.69, 9.17) is 10.5 Å². The van der Waals surface area contributed by atoms with Gasteiger partial charge in [0.1, 0.15) is 5.60 Å². The van der Waals surface area contributed by atoms with Crippen LogP contribution in [0.4, 0.5) is 9.93 Å². The number of amides is 1. The van der Waals surface area contributed by atoms with E-state index >= 15 is 0 Å². The number of ether oxygens (including phenoxy) is 1. The highest BCUT2D eigenvalue weighted by atomic mass is 32.1. The first-order valence-corrected chi connectivity index (χ1v) is 6.34. The zero-order chi connectivity index (χ0) is 12.8. The first-order valence-electron chi connectivity index (χ1n) is 5.52. The summed E-state index contributed by atoms with van der Waals surface area (Å²) in [7, 11) is 0. The zero-order valence-electron chi connectivity index (χ0n) is 10.5. The summed E-state index contributed by atoms with van der Waals surface area (Å²) in [5, 5.41) is 0.561. The van der Waals surface area contributed by atoms with Gasteiger partial charge in [0.15, 0.2) is 5.13 Å². The van der Waals surface area contributed by atoms with Crippen molar-refractivity contribution in [3.63, 3.8) is 0 Å². The number of thiazole rings is 1. The molecule has 0 saturated heterocycles. The Morgan fingerprint density at radius 1 is 1.59 bits per heavy atom. The van der Waals surface area contributed by atoms with E-state index in [1.807, 2.05) is 27.7 Å². The molecule has 0 aliphatic carbocycles. The van der Waals surface area contributed by atoms with Crippen LogP contribution in [0.5, 0.6) is 0 Å². The Bertz CT molecular complexity index is 450. The van der Waals surface area contributed by atoms with Crippen LogP contribution in [0.25, 0.3) is 0 Å². The summed E-state index contributed by atoms with van der Waals surface area (Å²) in [5.41, 5.74) is 6.08. The number of hydrogen-bond acceptors (Lipinski definition) is 5. The molecule has 0 spiro atoms. The van der Waals surface area contributed by atoms with Crippen LogP contribution in [0.3, 0.4) is 0 Å². The molecule has 0 saturated carbocycles. The molecule has 0 radical (unpaired) electrons. The molecule has 2 rings (SSSR count). The molecule has 0 bridgehead atoms. The largest absolute Gasteiger partial charge is 0.444 e. The fourth-order valence-electron chi connectivity index (χ4n) is 1.80. The normalized spacial score (nSPS) is 19.3. The van der Waals surface area contributed by atoms with Crippen LogP contribution >= 0.6 is 11.3 Å². The van der Waals surface area contributed by atoms with E-state index in [2.05, 4.69) is 4.98 Å². The van der Waals surface area contributed by atoms with Gasteiger partial charge in [-0.1, -0.05) is 0 Å². The van der Waals surface area contributed by atoms with Gasteiger partial charge in [0.05, 0.1) is 23.2 Å². The first-order chi connectivity index (χ1) is 7.78. The maximum atomic E-state index is 12.0. The second-order valence-corrected chi connectivity index (χ2v) is 6.26. The number of carbonyl (C=O) groups is 1. The Morgan fingerprint density at radius 2 is 2.24 bits per heavy atom. The average molecular weight is 255 g/mol. The Morgan fingerprint density at radius 3 is 2.76 bits per heavy atom. The van der Waals surface area contributed by atoms with Gasteiger partial charge in [0.2, 0.25) is 0 Å². The molecule has 0 aromatic carbocycles. The summed E-state index contributed by atoms with van der Waals surface area (Å²) < 4.78 is 5.36. The molecule has 1 aliphatic heterocycles. The molecule has 5 nitrogen and oxygen atoms in total. The predicted octanol–water partition coefficient (Wildman–Crippen LogP) is 2.54.